The standard InChI is InChI=1S/C18H21N3O3S2/c1-20(2)15-11-26(23,24)16-9-21(8-13(15)16)18(22)14-10-25-17(19-14)12-6-4-3-5-7-12/h3-7,10,13,15-16H,8-9,11H2,1-2H3/t13-,15+,16-/m0/s1. The quantitative estimate of drug-likeness (QED) is 0.795. The molecule has 2 saturated heterocycles. The largest absolute Gasteiger partial charge is 0.336 e. The van der Waals surface area contributed by atoms with Crippen molar-refractivity contribution >= 4 is 27.1 Å². The Hall–Kier alpha value is -1.77. The van der Waals surface area contributed by atoms with Crippen LogP contribution in [0.25, 0.3) is 10.6 Å². The van der Waals surface area contributed by atoms with Gasteiger partial charge in [0.2, 0.25) is 0 Å². The van der Waals surface area contributed by atoms with Gasteiger partial charge in [-0.05, 0) is 14.1 Å². The third-order valence-electron chi connectivity index (χ3n) is 5.36. The summed E-state index contributed by atoms with van der Waals surface area (Å²) >= 11 is 1.43. The third kappa shape index (κ3) is 2.95. The number of carbonyl (C=O) groups is 1. The van der Waals surface area contributed by atoms with E-state index in [0.717, 1.165) is 10.6 Å². The molecule has 3 atom stereocenters. The summed E-state index contributed by atoms with van der Waals surface area (Å²) in [7, 11) is 0.647. The maximum Gasteiger partial charge on any atom is 0.273 e. The van der Waals surface area contributed by atoms with E-state index in [1.54, 1.807) is 10.3 Å². The highest BCUT2D eigenvalue weighted by Crippen LogP contribution is 2.36. The summed E-state index contributed by atoms with van der Waals surface area (Å²) in [6.07, 6.45) is 0. The van der Waals surface area contributed by atoms with Crippen LogP contribution in [0.2, 0.25) is 0 Å². The summed E-state index contributed by atoms with van der Waals surface area (Å²) in [4.78, 5) is 21.0. The van der Waals surface area contributed by atoms with Crippen LogP contribution in [0.1, 0.15) is 10.5 Å². The van der Waals surface area contributed by atoms with Crippen LogP contribution < -0.4 is 0 Å². The normalized spacial score (nSPS) is 27.0. The Bertz CT molecular complexity index is 924. The number of amides is 1. The van der Waals surface area contributed by atoms with Gasteiger partial charge in [-0.25, -0.2) is 13.4 Å². The molecule has 1 aromatic carbocycles. The molecule has 2 aliphatic heterocycles. The molecule has 1 aromatic heterocycles. The Balaban J connectivity index is 1.55. The summed E-state index contributed by atoms with van der Waals surface area (Å²) in [5, 5.41) is 2.11. The summed E-state index contributed by atoms with van der Waals surface area (Å²) in [6.45, 7) is 0.748. The van der Waals surface area contributed by atoms with E-state index in [-0.39, 0.29) is 30.2 Å². The highest BCUT2D eigenvalue weighted by atomic mass is 32.2. The molecule has 2 aliphatic rings. The number of thiazole rings is 1. The monoisotopic (exact) mass is 391 g/mol. The lowest BCUT2D eigenvalue weighted by Crippen LogP contribution is -2.38. The first-order valence-corrected chi connectivity index (χ1v) is 11.1. The fourth-order valence-corrected chi connectivity index (χ4v) is 7.25. The van der Waals surface area contributed by atoms with Gasteiger partial charge in [0.05, 0.1) is 11.0 Å². The van der Waals surface area contributed by atoms with Crippen LogP contribution in [0.4, 0.5) is 0 Å². The van der Waals surface area contributed by atoms with E-state index < -0.39 is 15.1 Å². The second-order valence-corrected chi connectivity index (χ2v) is 10.3. The van der Waals surface area contributed by atoms with Gasteiger partial charge < -0.3 is 9.80 Å². The SMILES string of the molecule is CN(C)[C@@H]1CS(=O)(=O)[C@H]2CN(C(=O)c3csc(-c4ccccc4)n3)C[C@@H]12. The van der Waals surface area contributed by atoms with Crippen molar-refractivity contribution in [3.63, 3.8) is 0 Å². The minimum atomic E-state index is -3.16. The number of sulfone groups is 1. The second kappa shape index (κ2) is 6.44. The van der Waals surface area contributed by atoms with Crippen molar-refractivity contribution in [3.8, 4) is 10.6 Å². The molecule has 1 amide bonds. The van der Waals surface area contributed by atoms with Crippen molar-refractivity contribution < 1.29 is 13.2 Å². The van der Waals surface area contributed by atoms with Crippen LogP contribution in [0, 0.1) is 5.92 Å². The Kier molecular flexibility index (Phi) is 4.37. The van der Waals surface area contributed by atoms with E-state index in [2.05, 4.69) is 4.98 Å². The van der Waals surface area contributed by atoms with Crippen molar-refractivity contribution in [3.05, 3.63) is 41.4 Å². The van der Waals surface area contributed by atoms with Crippen molar-refractivity contribution in [1.82, 2.24) is 14.8 Å². The predicted octanol–water partition coefficient (Wildman–Crippen LogP) is 1.61. The topological polar surface area (TPSA) is 70.6 Å². The van der Waals surface area contributed by atoms with Crippen LogP contribution in [-0.2, 0) is 9.84 Å². The van der Waals surface area contributed by atoms with Crippen molar-refractivity contribution in [2.45, 2.75) is 11.3 Å². The Morgan fingerprint density at radius 2 is 1.96 bits per heavy atom. The molecular formula is C18H21N3O3S2. The maximum absolute atomic E-state index is 12.9. The number of hydrogen-bond donors (Lipinski definition) is 0. The minimum absolute atomic E-state index is 0.0221. The molecule has 6 nitrogen and oxygen atoms in total. The summed E-state index contributed by atoms with van der Waals surface area (Å²) < 4.78 is 24.9. The molecule has 0 unspecified atom stereocenters. The van der Waals surface area contributed by atoms with E-state index in [4.69, 9.17) is 0 Å². The molecule has 0 N–H and O–H groups in total. The zero-order valence-corrected chi connectivity index (χ0v) is 16.3. The lowest BCUT2D eigenvalue weighted by molar-refractivity contribution is 0.0774. The molecule has 26 heavy (non-hydrogen) atoms. The number of fused-ring (bicyclic) bond motifs is 1. The van der Waals surface area contributed by atoms with Gasteiger partial charge in [0.1, 0.15) is 10.7 Å². The minimum Gasteiger partial charge on any atom is -0.336 e. The van der Waals surface area contributed by atoms with Gasteiger partial charge >= 0.3 is 0 Å². The molecule has 2 fully saturated rings. The van der Waals surface area contributed by atoms with Gasteiger partial charge in [-0.2, -0.15) is 0 Å². The molecule has 2 aromatic rings. The number of likely N-dealkylation sites (tertiary alicyclic amines) is 1. The molecular weight excluding hydrogens is 370 g/mol. The first kappa shape index (κ1) is 17.6. The lowest BCUT2D eigenvalue weighted by atomic mass is 10.00. The molecule has 0 spiro atoms. The number of hydrogen-bond acceptors (Lipinski definition) is 6. The number of nitrogens with zero attached hydrogens (tertiary/aromatic N) is 3. The fraction of sp³-hybridized carbons (Fsp3) is 0.444. The van der Waals surface area contributed by atoms with Crippen LogP contribution in [0.3, 0.4) is 0 Å². The number of benzene rings is 1. The van der Waals surface area contributed by atoms with Gasteiger partial charge in [-0.1, -0.05) is 30.3 Å². The summed E-state index contributed by atoms with van der Waals surface area (Å²) in [6, 6.07) is 9.70. The van der Waals surface area contributed by atoms with Crippen LogP contribution in [0.5, 0.6) is 0 Å². The Labute approximate surface area is 157 Å². The van der Waals surface area contributed by atoms with Gasteiger partial charge in [-0.15, -0.1) is 11.3 Å². The van der Waals surface area contributed by atoms with Crippen LogP contribution >= 0.6 is 11.3 Å². The zero-order chi connectivity index (χ0) is 18.5. The highest BCUT2D eigenvalue weighted by molar-refractivity contribution is 7.92. The number of carbonyl (C=O) groups excluding carboxylic acids is 1. The fourth-order valence-electron chi connectivity index (χ4n) is 3.98. The smallest absolute Gasteiger partial charge is 0.273 e. The lowest BCUT2D eigenvalue weighted by Gasteiger charge is -2.24. The van der Waals surface area contributed by atoms with E-state index in [0.29, 0.717) is 12.2 Å². The molecule has 0 radical (unpaired) electrons. The van der Waals surface area contributed by atoms with Crippen molar-refractivity contribution in [2.24, 2.45) is 5.92 Å². The van der Waals surface area contributed by atoms with Gasteiger partial charge in [0, 0.05) is 36.0 Å². The average molecular weight is 392 g/mol. The molecule has 0 bridgehead atoms. The Morgan fingerprint density at radius 1 is 1.23 bits per heavy atom. The third-order valence-corrected chi connectivity index (χ3v) is 8.48. The van der Waals surface area contributed by atoms with Gasteiger partial charge in [0.15, 0.2) is 9.84 Å². The molecule has 0 saturated carbocycles. The van der Waals surface area contributed by atoms with Crippen molar-refractivity contribution in [2.75, 3.05) is 32.9 Å². The van der Waals surface area contributed by atoms with Crippen LogP contribution in [-0.4, -0.2) is 73.3 Å². The van der Waals surface area contributed by atoms with Crippen LogP contribution in [0.15, 0.2) is 35.7 Å². The summed E-state index contributed by atoms with van der Waals surface area (Å²) in [5.41, 5.74) is 1.37. The van der Waals surface area contributed by atoms with E-state index in [9.17, 15) is 13.2 Å². The maximum atomic E-state index is 12.9. The number of rotatable bonds is 3. The first-order valence-electron chi connectivity index (χ1n) is 8.55. The molecule has 8 heteroatoms. The molecule has 3 heterocycles. The highest BCUT2D eigenvalue weighted by Gasteiger charge is 2.53. The number of aromatic nitrogens is 1. The molecule has 138 valence electrons. The van der Waals surface area contributed by atoms with Crippen molar-refractivity contribution in [1.29, 1.82) is 0 Å². The van der Waals surface area contributed by atoms with Gasteiger partial charge in [0.25, 0.3) is 5.91 Å². The van der Waals surface area contributed by atoms with E-state index >= 15 is 0 Å². The zero-order valence-electron chi connectivity index (χ0n) is 14.7. The molecule has 4 rings (SSSR count). The summed E-state index contributed by atoms with van der Waals surface area (Å²) in [5.74, 6) is -0.0108. The Morgan fingerprint density at radius 3 is 2.65 bits per heavy atom. The van der Waals surface area contributed by atoms with Gasteiger partial charge in [-0.3, -0.25) is 4.79 Å². The first-order chi connectivity index (χ1) is 12.4. The van der Waals surface area contributed by atoms with E-state index in [1.807, 2.05) is 49.3 Å². The molecule has 0 aliphatic carbocycles. The predicted molar refractivity (Wildman–Crippen MR) is 102 cm³/mol. The van der Waals surface area contributed by atoms with E-state index in [1.165, 1.54) is 11.3 Å². The average Bonchev–Trinajstić information content (AvgIpc) is 3.31. The second-order valence-electron chi connectivity index (χ2n) is 7.18.